The molecule has 2 rings (SSSR count). The van der Waals surface area contributed by atoms with Crippen LogP contribution in [0.25, 0.3) is 0 Å². The van der Waals surface area contributed by atoms with Crippen molar-refractivity contribution in [1.82, 2.24) is 0 Å². The Labute approximate surface area is 91.5 Å². The largest absolute Gasteiger partial charge is 0.388 e. The van der Waals surface area contributed by atoms with E-state index in [0.29, 0.717) is 11.3 Å². The fourth-order valence-electron chi connectivity index (χ4n) is 1.82. The van der Waals surface area contributed by atoms with Crippen LogP contribution in [0.3, 0.4) is 0 Å². The van der Waals surface area contributed by atoms with Gasteiger partial charge in [-0.15, -0.1) is 0 Å². The summed E-state index contributed by atoms with van der Waals surface area (Å²) in [6.07, 6.45) is -0.824. The smallest absolute Gasteiger partial charge is 0.132 e. The zero-order chi connectivity index (χ0) is 11.0. The van der Waals surface area contributed by atoms with Crippen LogP contribution in [-0.2, 0) is 5.75 Å². The lowest BCUT2D eigenvalue weighted by Gasteiger charge is -2.17. The molecular weight excluding hydrogens is 218 g/mol. The first-order valence-electron chi connectivity index (χ1n) is 4.83. The van der Waals surface area contributed by atoms with Gasteiger partial charge < -0.3 is 5.11 Å². The molecule has 0 amide bonds. The van der Waals surface area contributed by atoms with Crippen molar-refractivity contribution in [2.75, 3.05) is 5.75 Å². The third-order valence-corrected chi connectivity index (χ3v) is 3.93. The molecule has 4 heteroatoms. The van der Waals surface area contributed by atoms with E-state index in [9.17, 15) is 13.9 Å². The maximum Gasteiger partial charge on any atom is 0.132 e. The van der Waals surface area contributed by atoms with E-state index in [0.717, 1.165) is 11.8 Å². The second-order valence-corrected chi connectivity index (χ2v) is 4.93. The summed E-state index contributed by atoms with van der Waals surface area (Å²) in [6.45, 7) is 1.87. The predicted molar refractivity (Wildman–Crippen MR) is 56.6 cm³/mol. The zero-order valence-corrected chi connectivity index (χ0v) is 9.15. The number of fused-ring (bicyclic) bond motifs is 1. The van der Waals surface area contributed by atoms with Gasteiger partial charge in [0.2, 0.25) is 0 Å². The molecule has 1 heterocycles. The van der Waals surface area contributed by atoms with Crippen LogP contribution in [0.5, 0.6) is 0 Å². The molecule has 15 heavy (non-hydrogen) atoms. The molecule has 0 spiro atoms. The number of thioether (sulfide) groups is 1. The summed E-state index contributed by atoms with van der Waals surface area (Å²) < 4.78 is 26.5. The Morgan fingerprint density at radius 2 is 2.13 bits per heavy atom. The molecule has 0 aliphatic carbocycles. The van der Waals surface area contributed by atoms with E-state index < -0.39 is 17.7 Å². The molecule has 0 fully saturated rings. The minimum absolute atomic E-state index is 0.00351. The first kappa shape index (κ1) is 10.9. The quantitative estimate of drug-likeness (QED) is 0.739. The van der Waals surface area contributed by atoms with E-state index in [2.05, 4.69) is 0 Å². The van der Waals surface area contributed by atoms with Gasteiger partial charge in [0, 0.05) is 17.4 Å². The highest BCUT2D eigenvalue weighted by atomic mass is 32.2. The Morgan fingerprint density at radius 1 is 1.40 bits per heavy atom. The third kappa shape index (κ3) is 2.01. The summed E-state index contributed by atoms with van der Waals surface area (Å²) in [5.74, 6) is 0.110. The number of benzene rings is 1. The van der Waals surface area contributed by atoms with Gasteiger partial charge in [0.15, 0.2) is 0 Å². The van der Waals surface area contributed by atoms with Crippen molar-refractivity contribution in [3.8, 4) is 0 Å². The minimum Gasteiger partial charge on any atom is -0.388 e. The summed E-state index contributed by atoms with van der Waals surface area (Å²) in [5, 5.41) is 9.91. The van der Waals surface area contributed by atoms with Crippen LogP contribution in [0.4, 0.5) is 8.78 Å². The maximum absolute atomic E-state index is 13.5. The highest BCUT2D eigenvalue weighted by molar-refractivity contribution is 7.98. The van der Waals surface area contributed by atoms with Gasteiger partial charge in [-0.25, -0.2) is 8.78 Å². The number of halogens is 2. The highest BCUT2D eigenvalue weighted by Gasteiger charge is 2.26. The molecule has 2 atom stereocenters. The summed E-state index contributed by atoms with van der Waals surface area (Å²) in [7, 11) is 0. The van der Waals surface area contributed by atoms with Gasteiger partial charge in [-0.1, -0.05) is 6.92 Å². The van der Waals surface area contributed by atoms with Gasteiger partial charge in [-0.3, -0.25) is 0 Å². The number of aliphatic hydroxyl groups excluding tert-OH is 1. The molecule has 1 aromatic carbocycles. The lowest BCUT2D eigenvalue weighted by molar-refractivity contribution is 0.125. The molecule has 1 aromatic rings. The van der Waals surface area contributed by atoms with Crippen LogP contribution in [0.2, 0.25) is 0 Å². The Morgan fingerprint density at radius 3 is 2.87 bits per heavy atom. The molecule has 0 radical (unpaired) electrons. The van der Waals surface area contributed by atoms with Crippen molar-refractivity contribution < 1.29 is 13.9 Å². The van der Waals surface area contributed by atoms with E-state index in [-0.39, 0.29) is 11.5 Å². The lowest BCUT2D eigenvalue weighted by Crippen LogP contribution is -2.12. The summed E-state index contributed by atoms with van der Waals surface area (Å²) in [5.41, 5.74) is 0.850. The highest BCUT2D eigenvalue weighted by Crippen LogP contribution is 2.36. The summed E-state index contributed by atoms with van der Waals surface area (Å²) in [6, 6.07) is 2.15. The van der Waals surface area contributed by atoms with Gasteiger partial charge in [-0.2, -0.15) is 11.8 Å². The SMILES string of the molecule is CC1CSCc2cc(F)cc(F)c2C1O. The second kappa shape index (κ2) is 4.10. The summed E-state index contributed by atoms with van der Waals surface area (Å²) in [4.78, 5) is 0. The Balaban J connectivity index is 2.53. The fraction of sp³-hybridized carbons (Fsp3) is 0.455. The maximum atomic E-state index is 13.5. The average Bonchev–Trinajstić information content (AvgIpc) is 2.27. The van der Waals surface area contributed by atoms with E-state index in [4.69, 9.17) is 0 Å². The number of hydrogen-bond donors (Lipinski definition) is 1. The number of hydrogen-bond acceptors (Lipinski definition) is 2. The van der Waals surface area contributed by atoms with Crippen LogP contribution in [0.15, 0.2) is 12.1 Å². The van der Waals surface area contributed by atoms with E-state index >= 15 is 0 Å². The van der Waals surface area contributed by atoms with Crippen molar-refractivity contribution in [3.63, 3.8) is 0 Å². The van der Waals surface area contributed by atoms with Gasteiger partial charge >= 0.3 is 0 Å². The second-order valence-electron chi connectivity index (χ2n) is 3.90. The number of aliphatic hydroxyl groups is 1. The van der Waals surface area contributed by atoms with Crippen molar-refractivity contribution in [3.05, 3.63) is 34.9 Å². The Hall–Kier alpha value is -0.610. The first-order chi connectivity index (χ1) is 7.09. The topological polar surface area (TPSA) is 20.2 Å². The molecule has 1 aliphatic heterocycles. The normalized spacial score (nSPS) is 25.9. The first-order valence-corrected chi connectivity index (χ1v) is 5.98. The molecule has 0 saturated heterocycles. The number of rotatable bonds is 0. The minimum atomic E-state index is -0.824. The molecule has 1 nitrogen and oxygen atoms in total. The summed E-state index contributed by atoms with van der Waals surface area (Å²) >= 11 is 1.59. The van der Waals surface area contributed by atoms with Gasteiger partial charge in [0.05, 0.1) is 6.10 Å². The molecule has 0 aromatic heterocycles. The monoisotopic (exact) mass is 230 g/mol. The van der Waals surface area contributed by atoms with Crippen LogP contribution < -0.4 is 0 Å². The third-order valence-electron chi connectivity index (χ3n) is 2.65. The molecule has 1 N–H and O–H groups in total. The molecule has 82 valence electrons. The van der Waals surface area contributed by atoms with Crippen molar-refractivity contribution in [2.45, 2.75) is 18.8 Å². The average molecular weight is 230 g/mol. The van der Waals surface area contributed by atoms with Crippen LogP contribution >= 0.6 is 11.8 Å². The zero-order valence-electron chi connectivity index (χ0n) is 8.34. The molecule has 0 saturated carbocycles. The molecule has 2 unspecified atom stereocenters. The van der Waals surface area contributed by atoms with Crippen LogP contribution in [0, 0.1) is 17.6 Å². The molecule has 0 bridgehead atoms. The van der Waals surface area contributed by atoms with Crippen molar-refractivity contribution in [1.29, 1.82) is 0 Å². The molecular formula is C11H12F2OS. The van der Waals surface area contributed by atoms with Gasteiger partial charge in [0.1, 0.15) is 11.6 Å². The fourth-order valence-corrected chi connectivity index (χ4v) is 2.95. The lowest BCUT2D eigenvalue weighted by atomic mass is 9.95. The predicted octanol–water partition coefficient (Wildman–Crippen LogP) is 2.88. The molecule has 1 aliphatic rings. The van der Waals surface area contributed by atoms with Crippen LogP contribution in [0.1, 0.15) is 24.2 Å². The van der Waals surface area contributed by atoms with E-state index in [1.807, 2.05) is 6.92 Å². The van der Waals surface area contributed by atoms with Gasteiger partial charge in [-0.05, 0) is 23.3 Å². The van der Waals surface area contributed by atoms with E-state index in [1.165, 1.54) is 6.07 Å². The Bertz CT molecular complexity index is 381. The Kier molecular flexibility index (Phi) is 2.98. The standard InChI is InChI=1S/C11H12F2OS/c1-6-4-15-5-7-2-8(12)3-9(13)10(7)11(6)14/h2-3,6,11,14H,4-5H2,1H3. The van der Waals surface area contributed by atoms with E-state index in [1.54, 1.807) is 11.8 Å². The van der Waals surface area contributed by atoms with Crippen molar-refractivity contribution >= 4 is 11.8 Å². The van der Waals surface area contributed by atoms with Gasteiger partial charge in [0.25, 0.3) is 0 Å². The van der Waals surface area contributed by atoms with Crippen molar-refractivity contribution in [2.24, 2.45) is 5.92 Å². The van der Waals surface area contributed by atoms with Crippen LogP contribution in [-0.4, -0.2) is 10.9 Å².